The first-order valence-corrected chi connectivity index (χ1v) is 8.13. The van der Waals surface area contributed by atoms with E-state index in [1.807, 2.05) is 42.5 Å². The number of ketones is 1. The fraction of sp³-hybridized carbons (Fsp3) is 0.150. The Morgan fingerprint density at radius 3 is 2.48 bits per heavy atom. The van der Waals surface area contributed by atoms with E-state index in [-0.39, 0.29) is 11.8 Å². The highest BCUT2D eigenvalue weighted by Crippen LogP contribution is 2.21. The Morgan fingerprint density at radius 2 is 1.72 bits per heavy atom. The third-order valence-electron chi connectivity index (χ3n) is 3.87. The third kappa shape index (κ3) is 4.41. The lowest BCUT2D eigenvalue weighted by atomic mass is 10.1. The molecule has 1 unspecified atom stereocenters. The van der Waals surface area contributed by atoms with Gasteiger partial charge in [0.25, 0.3) is 0 Å². The first-order chi connectivity index (χ1) is 12.1. The van der Waals surface area contributed by atoms with Gasteiger partial charge in [0.15, 0.2) is 5.78 Å². The van der Waals surface area contributed by atoms with E-state index >= 15 is 0 Å². The minimum absolute atomic E-state index is 0.0328. The number of carbonyl (C=O) groups is 1. The van der Waals surface area contributed by atoms with E-state index in [1.54, 1.807) is 13.0 Å². The van der Waals surface area contributed by atoms with Crippen LogP contribution in [0.4, 0.5) is 17.3 Å². The second-order valence-corrected chi connectivity index (χ2v) is 5.83. The van der Waals surface area contributed by atoms with Crippen LogP contribution < -0.4 is 10.6 Å². The zero-order chi connectivity index (χ0) is 17.6. The zero-order valence-corrected chi connectivity index (χ0v) is 14.2. The lowest BCUT2D eigenvalue weighted by Gasteiger charge is -2.15. The summed E-state index contributed by atoms with van der Waals surface area (Å²) in [6.45, 7) is 3.64. The number of hydrogen-bond donors (Lipinski definition) is 2. The highest BCUT2D eigenvalue weighted by atomic mass is 16.1. The van der Waals surface area contributed by atoms with E-state index in [2.05, 4.69) is 39.7 Å². The van der Waals surface area contributed by atoms with Crippen molar-refractivity contribution in [2.75, 3.05) is 10.6 Å². The lowest BCUT2D eigenvalue weighted by Crippen LogP contribution is -2.08. The van der Waals surface area contributed by atoms with Crippen molar-refractivity contribution in [2.45, 2.75) is 19.9 Å². The molecule has 0 saturated heterocycles. The maximum atomic E-state index is 11.5. The molecule has 0 aliphatic rings. The van der Waals surface area contributed by atoms with E-state index in [1.165, 1.54) is 11.9 Å². The van der Waals surface area contributed by atoms with E-state index in [4.69, 9.17) is 0 Å². The molecule has 2 aromatic carbocycles. The maximum absolute atomic E-state index is 11.5. The average Bonchev–Trinajstić information content (AvgIpc) is 2.63. The lowest BCUT2D eigenvalue weighted by molar-refractivity contribution is 0.101. The van der Waals surface area contributed by atoms with Crippen LogP contribution in [0.25, 0.3) is 0 Å². The Kier molecular flexibility index (Phi) is 5.04. The summed E-state index contributed by atoms with van der Waals surface area (Å²) in [5, 5.41) is 6.58. The first kappa shape index (κ1) is 16.6. The molecule has 1 atom stereocenters. The summed E-state index contributed by atoms with van der Waals surface area (Å²) in [7, 11) is 0. The van der Waals surface area contributed by atoms with Crippen LogP contribution in [-0.4, -0.2) is 15.8 Å². The zero-order valence-electron chi connectivity index (χ0n) is 14.2. The van der Waals surface area contributed by atoms with Crippen LogP contribution in [0.1, 0.15) is 35.8 Å². The van der Waals surface area contributed by atoms with Crippen LogP contribution in [0.15, 0.2) is 67.0 Å². The molecule has 25 heavy (non-hydrogen) atoms. The smallest absolute Gasteiger partial charge is 0.159 e. The standard InChI is InChI=1S/C20H20N4O/c1-14(16-7-4-3-5-8-16)23-19-12-20(22-13-21-19)24-18-10-6-9-17(11-18)15(2)25/h3-14H,1-2H3,(H2,21,22,23,24). The summed E-state index contributed by atoms with van der Waals surface area (Å²) in [6, 6.07) is 19.5. The predicted molar refractivity (Wildman–Crippen MR) is 100 cm³/mol. The molecule has 0 aliphatic carbocycles. The van der Waals surface area contributed by atoms with Crippen LogP contribution in [0, 0.1) is 0 Å². The topological polar surface area (TPSA) is 66.9 Å². The van der Waals surface area contributed by atoms with E-state index < -0.39 is 0 Å². The molecule has 1 aromatic heterocycles. The Morgan fingerprint density at radius 1 is 0.960 bits per heavy atom. The molecule has 0 saturated carbocycles. The van der Waals surface area contributed by atoms with Gasteiger partial charge in [0, 0.05) is 23.4 Å². The summed E-state index contributed by atoms with van der Waals surface area (Å²) >= 11 is 0. The largest absolute Gasteiger partial charge is 0.363 e. The molecule has 3 aromatic rings. The fourth-order valence-electron chi connectivity index (χ4n) is 2.52. The van der Waals surface area contributed by atoms with Crippen LogP contribution in [0.5, 0.6) is 0 Å². The molecule has 5 heteroatoms. The van der Waals surface area contributed by atoms with Gasteiger partial charge in [-0.15, -0.1) is 0 Å². The Bertz CT molecular complexity index is 864. The average molecular weight is 332 g/mol. The number of rotatable bonds is 6. The van der Waals surface area contributed by atoms with Crippen molar-refractivity contribution in [1.29, 1.82) is 0 Å². The number of aromatic nitrogens is 2. The monoisotopic (exact) mass is 332 g/mol. The molecular formula is C20H20N4O. The molecule has 0 fully saturated rings. The molecule has 0 amide bonds. The summed E-state index contributed by atoms with van der Waals surface area (Å²) in [5.74, 6) is 1.43. The van der Waals surface area contributed by atoms with Gasteiger partial charge in [-0.2, -0.15) is 0 Å². The summed E-state index contributed by atoms with van der Waals surface area (Å²) in [6.07, 6.45) is 1.51. The maximum Gasteiger partial charge on any atom is 0.159 e. The number of benzene rings is 2. The van der Waals surface area contributed by atoms with E-state index in [0.29, 0.717) is 11.4 Å². The van der Waals surface area contributed by atoms with E-state index in [0.717, 1.165) is 11.5 Å². The third-order valence-corrected chi connectivity index (χ3v) is 3.87. The van der Waals surface area contributed by atoms with Crippen LogP contribution in [-0.2, 0) is 0 Å². The van der Waals surface area contributed by atoms with Gasteiger partial charge >= 0.3 is 0 Å². The van der Waals surface area contributed by atoms with Crippen molar-refractivity contribution < 1.29 is 4.79 Å². The molecule has 0 bridgehead atoms. The van der Waals surface area contributed by atoms with Gasteiger partial charge in [-0.05, 0) is 31.5 Å². The number of Topliss-reactive ketones (excluding diaryl/α,β-unsaturated/α-hetero) is 1. The Hall–Kier alpha value is -3.21. The van der Waals surface area contributed by atoms with Gasteiger partial charge in [0.2, 0.25) is 0 Å². The van der Waals surface area contributed by atoms with Gasteiger partial charge in [-0.1, -0.05) is 42.5 Å². The molecule has 1 heterocycles. The minimum Gasteiger partial charge on any atom is -0.363 e. The summed E-state index contributed by atoms with van der Waals surface area (Å²) in [5.41, 5.74) is 2.66. The van der Waals surface area contributed by atoms with Gasteiger partial charge in [-0.25, -0.2) is 9.97 Å². The summed E-state index contributed by atoms with van der Waals surface area (Å²) < 4.78 is 0. The molecular weight excluding hydrogens is 312 g/mol. The fourth-order valence-corrected chi connectivity index (χ4v) is 2.52. The van der Waals surface area contributed by atoms with Crippen LogP contribution >= 0.6 is 0 Å². The highest BCUT2D eigenvalue weighted by Gasteiger charge is 2.07. The molecule has 3 rings (SSSR count). The Balaban J connectivity index is 1.73. The molecule has 0 radical (unpaired) electrons. The van der Waals surface area contributed by atoms with Crippen LogP contribution in [0.2, 0.25) is 0 Å². The SMILES string of the molecule is CC(=O)c1cccc(Nc2cc(NC(C)c3ccccc3)ncn2)c1. The number of nitrogens with zero attached hydrogens (tertiary/aromatic N) is 2. The predicted octanol–water partition coefficient (Wildman–Crippen LogP) is 4.60. The van der Waals surface area contributed by atoms with E-state index in [9.17, 15) is 4.79 Å². The van der Waals surface area contributed by atoms with Crippen molar-refractivity contribution in [2.24, 2.45) is 0 Å². The highest BCUT2D eigenvalue weighted by molar-refractivity contribution is 5.95. The van der Waals surface area contributed by atoms with Crippen molar-refractivity contribution in [1.82, 2.24) is 9.97 Å². The van der Waals surface area contributed by atoms with Crippen LogP contribution in [0.3, 0.4) is 0 Å². The minimum atomic E-state index is 0.0328. The summed E-state index contributed by atoms with van der Waals surface area (Å²) in [4.78, 5) is 20.0. The number of nitrogens with one attached hydrogen (secondary N) is 2. The quantitative estimate of drug-likeness (QED) is 0.646. The number of hydrogen-bond acceptors (Lipinski definition) is 5. The Labute approximate surface area is 147 Å². The molecule has 0 spiro atoms. The molecule has 5 nitrogen and oxygen atoms in total. The van der Waals surface area contributed by atoms with Crippen molar-refractivity contribution >= 4 is 23.1 Å². The molecule has 2 N–H and O–H groups in total. The van der Waals surface area contributed by atoms with Gasteiger partial charge in [0.1, 0.15) is 18.0 Å². The number of carbonyl (C=O) groups excluding carboxylic acids is 1. The first-order valence-electron chi connectivity index (χ1n) is 8.13. The normalized spacial score (nSPS) is 11.6. The second kappa shape index (κ2) is 7.57. The van der Waals surface area contributed by atoms with Gasteiger partial charge < -0.3 is 10.6 Å². The van der Waals surface area contributed by atoms with Gasteiger partial charge in [-0.3, -0.25) is 4.79 Å². The van der Waals surface area contributed by atoms with Crippen molar-refractivity contribution in [3.8, 4) is 0 Å². The van der Waals surface area contributed by atoms with Crippen molar-refractivity contribution in [3.05, 3.63) is 78.1 Å². The molecule has 126 valence electrons. The molecule has 0 aliphatic heterocycles. The van der Waals surface area contributed by atoms with Crippen molar-refractivity contribution in [3.63, 3.8) is 0 Å². The number of anilines is 3. The second-order valence-electron chi connectivity index (χ2n) is 5.83. The van der Waals surface area contributed by atoms with Gasteiger partial charge in [0.05, 0.1) is 0 Å².